The summed E-state index contributed by atoms with van der Waals surface area (Å²) in [5, 5.41) is 26.2. The molecule has 0 aliphatic carbocycles. The van der Waals surface area contributed by atoms with Crippen LogP contribution in [0.5, 0.6) is 0 Å². The molecule has 3 amide bonds. The van der Waals surface area contributed by atoms with E-state index in [-0.39, 0.29) is 94.0 Å². The van der Waals surface area contributed by atoms with Gasteiger partial charge >= 0.3 is 11.9 Å². The Morgan fingerprint density at radius 2 is 1.23 bits per heavy atom. The second kappa shape index (κ2) is 27.4. The largest absolute Gasteiger partial charge is 0.510 e. The molecule has 4 aromatic rings. The van der Waals surface area contributed by atoms with E-state index < -0.39 is 46.9 Å². The molecule has 0 saturated heterocycles. The van der Waals surface area contributed by atoms with E-state index in [1.807, 2.05) is 37.3 Å². The zero-order valence-electron chi connectivity index (χ0n) is 34.5. The normalized spacial score (nSPS) is 11.9. The average Bonchev–Trinajstić information content (AvgIpc) is 3.24. The number of methoxy groups -OCH3 is 2. The topological polar surface area (TPSA) is 231 Å². The van der Waals surface area contributed by atoms with Gasteiger partial charge < -0.3 is 30.5 Å². The van der Waals surface area contributed by atoms with Gasteiger partial charge in [0.15, 0.2) is 17.2 Å². The summed E-state index contributed by atoms with van der Waals surface area (Å²) in [4.78, 5) is 93.0. The highest BCUT2D eigenvalue weighted by Crippen LogP contribution is 2.25. The third-order valence-corrected chi connectivity index (χ3v) is 9.20. The van der Waals surface area contributed by atoms with Gasteiger partial charge in [0, 0.05) is 42.2 Å². The zero-order chi connectivity index (χ0) is 44.6. The number of aliphatic hydroxyl groups is 1. The summed E-state index contributed by atoms with van der Waals surface area (Å²) < 4.78 is 9.53. The molecule has 0 bridgehead atoms. The maximum absolute atomic E-state index is 13.1. The van der Waals surface area contributed by atoms with Crippen LogP contribution >= 0.6 is 0 Å². The van der Waals surface area contributed by atoms with E-state index >= 15 is 0 Å². The number of Topliss-reactive ketones (excluding diaryl/α,β-unsaturated/α-hetero) is 2. The highest BCUT2D eigenvalue weighted by molar-refractivity contribution is 6.67. The Bertz CT molecular complexity index is 2370. The summed E-state index contributed by atoms with van der Waals surface area (Å²) in [5.74, 6) is -5.28. The number of nitrogens with zero attached hydrogens (tertiary/aromatic N) is 3. The van der Waals surface area contributed by atoms with Crippen molar-refractivity contribution in [3.05, 3.63) is 131 Å². The molecule has 4 aromatic carbocycles. The molecule has 16 nitrogen and oxygen atoms in total. The highest BCUT2D eigenvalue weighted by Gasteiger charge is 2.24. The van der Waals surface area contributed by atoms with Crippen LogP contribution in [0.2, 0.25) is 0 Å². The highest BCUT2D eigenvalue weighted by atomic mass is 16.5. The van der Waals surface area contributed by atoms with Crippen molar-refractivity contribution in [3.8, 4) is 0 Å². The lowest BCUT2D eigenvalue weighted by Gasteiger charge is -2.17. The number of hydrogen-bond acceptors (Lipinski definition) is 13. The van der Waals surface area contributed by atoms with Crippen molar-refractivity contribution in [2.75, 3.05) is 30.2 Å². The number of esters is 2. The van der Waals surface area contributed by atoms with Gasteiger partial charge in [-0.25, -0.2) is 9.59 Å². The Morgan fingerprint density at radius 3 is 1.75 bits per heavy atom. The van der Waals surface area contributed by atoms with E-state index in [4.69, 9.17) is 9.47 Å². The Hall–Kier alpha value is -7.62. The van der Waals surface area contributed by atoms with Gasteiger partial charge in [-0.05, 0) is 91.2 Å². The van der Waals surface area contributed by atoms with E-state index in [1.54, 1.807) is 31.2 Å². The van der Waals surface area contributed by atoms with Gasteiger partial charge in [0.25, 0.3) is 11.8 Å². The van der Waals surface area contributed by atoms with E-state index in [1.165, 1.54) is 63.6 Å². The molecule has 4 rings (SSSR count). The molecule has 2 unspecified atom stereocenters. The van der Waals surface area contributed by atoms with Crippen LogP contribution in [-0.2, 0) is 40.0 Å². The Kier molecular flexibility index (Phi) is 24.2. The summed E-state index contributed by atoms with van der Waals surface area (Å²) in [5.41, 5.74) is 1.77. The average molecular weight is 895 g/mol. The summed E-state index contributed by atoms with van der Waals surface area (Å²) in [7, 11) is 2.38. The third-order valence-electron chi connectivity index (χ3n) is 9.20. The maximum atomic E-state index is 13.1. The van der Waals surface area contributed by atoms with Gasteiger partial charge in [0.1, 0.15) is 11.5 Å². The number of hydrogen-bond donors (Lipinski definition) is 4. The van der Waals surface area contributed by atoms with E-state index in [0.717, 1.165) is 12.5 Å². The SMILES string of the molecule is C.C.C.C.CCC(C(=O)CC(C)C(=O)Nc1ccc(N=NC(C(=O)Nc2ccc(NC(=O)C(=NCc3cc(C(=O)OC)ccc3C(=O)OC)C(C)=O)cc2)=C(C)O)cc1)c1ccccc1. The molecule has 0 aliphatic heterocycles. The molecular formula is C49H62N6O10. The first kappa shape index (κ1) is 57.4. The lowest BCUT2D eigenvalue weighted by Crippen LogP contribution is -2.29. The Morgan fingerprint density at radius 1 is 0.692 bits per heavy atom. The van der Waals surface area contributed by atoms with E-state index in [0.29, 0.717) is 17.8 Å². The molecule has 65 heavy (non-hydrogen) atoms. The summed E-state index contributed by atoms with van der Waals surface area (Å²) in [6.07, 6.45) is 0.714. The van der Waals surface area contributed by atoms with Crippen molar-refractivity contribution < 1.29 is 48.1 Å². The molecule has 348 valence electrons. The minimum absolute atomic E-state index is 0. The standard InChI is InChI=1S/C45H46N6O10.4CH4/c1-7-36(29-11-9-8-10-12-29)38(54)23-26(2)41(55)47-32-18-20-35(21-19-32)50-51-40(28(4)53)43(57)49-34-16-14-33(15-17-34)48-42(56)39(27(3)52)46-25-31-24-30(44(58)60-5)13-22-37(31)45(59)61-6;;;;/h8-22,24,26,36,53H,7,23,25H2,1-6H3,(H,47,55)(H,48,56)(H,49,57);4*1H4. The van der Waals surface area contributed by atoms with Gasteiger partial charge in [0.2, 0.25) is 5.91 Å². The quantitative estimate of drug-likeness (QED) is 0.0184. The minimum Gasteiger partial charge on any atom is -0.510 e. The van der Waals surface area contributed by atoms with Crippen molar-refractivity contribution in [1.29, 1.82) is 0 Å². The predicted molar refractivity (Wildman–Crippen MR) is 255 cm³/mol. The second-order valence-electron chi connectivity index (χ2n) is 13.7. The first-order valence-corrected chi connectivity index (χ1v) is 19.0. The summed E-state index contributed by atoms with van der Waals surface area (Å²) in [6.45, 7) is 5.73. The second-order valence-corrected chi connectivity index (χ2v) is 13.7. The molecular weight excluding hydrogens is 833 g/mol. The monoisotopic (exact) mass is 894 g/mol. The molecule has 0 radical (unpaired) electrons. The molecule has 2 atom stereocenters. The van der Waals surface area contributed by atoms with Crippen LogP contribution in [0.4, 0.5) is 22.7 Å². The van der Waals surface area contributed by atoms with Crippen LogP contribution in [0.3, 0.4) is 0 Å². The molecule has 4 N–H and O–H groups in total. The van der Waals surface area contributed by atoms with Crippen molar-refractivity contribution in [2.45, 2.75) is 82.7 Å². The number of carbonyl (C=O) groups is 7. The van der Waals surface area contributed by atoms with Crippen molar-refractivity contribution in [1.82, 2.24) is 0 Å². The number of amides is 3. The van der Waals surface area contributed by atoms with Crippen molar-refractivity contribution >= 4 is 69.7 Å². The van der Waals surface area contributed by atoms with Crippen LogP contribution in [0, 0.1) is 5.92 Å². The van der Waals surface area contributed by atoms with Crippen LogP contribution in [0.15, 0.2) is 124 Å². The molecule has 0 fully saturated rings. The molecule has 0 aromatic heterocycles. The first-order chi connectivity index (χ1) is 29.1. The van der Waals surface area contributed by atoms with Gasteiger partial charge in [-0.2, -0.15) is 5.11 Å². The predicted octanol–water partition coefficient (Wildman–Crippen LogP) is 10.2. The number of ether oxygens (including phenoxy) is 2. The number of benzene rings is 4. The summed E-state index contributed by atoms with van der Waals surface area (Å²) >= 11 is 0. The fraction of sp³-hybridized carbons (Fsp3) is 0.306. The smallest absolute Gasteiger partial charge is 0.338 e. The number of ketones is 2. The summed E-state index contributed by atoms with van der Waals surface area (Å²) in [6, 6.07) is 25.6. The minimum atomic E-state index is -0.851. The van der Waals surface area contributed by atoms with Crippen molar-refractivity contribution in [2.24, 2.45) is 21.1 Å². The lowest BCUT2D eigenvalue weighted by atomic mass is 9.87. The number of anilines is 3. The van der Waals surface area contributed by atoms with Crippen LogP contribution in [0.25, 0.3) is 0 Å². The number of aliphatic imine (C=N–C) groups is 1. The van der Waals surface area contributed by atoms with Crippen LogP contribution in [-0.4, -0.2) is 66.3 Å². The number of allylic oxidation sites excluding steroid dienone is 1. The number of nitrogens with one attached hydrogen (secondary N) is 3. The number of carbonyl (C=O) groups excluding carboxylic acids is 7. The van der Waals surface area contributed by atoms with E-state index in [9.17, 15) is 38.7 Å². The number of aliphatic hydroxyl groups excluding tert-OH is 1. The van der Waals surface area contributed by atoms with Gasteiger partial charge in [-0.3, -0.25) is 29.0 Å². The number of azo groups is 1. The van der Waals surface area contributed by atoms with Gasteiger partial charge in [0.05, 0.1) is 37.6 Å². The van der Waals surface area contributed by atoms with Crippen LogP contribution < -0.4 is 16.0 Å². The maximum Gasteiger partial charge on any atom is 0.338 e. The lowest BCUT2D eigenvalue weighted by molar-refractivity contribution is -0.126. The fourth-order valence-electron chi connectivity index (χ4n) is 5.94. The zero-order valence-corrected chi connectivity index (χ0v) is 34.5. The molecule has 0 spiro atoms. The van der Waals surface area contributed by atoms with Crippen LogP contribution in [0.1, 0.15) is 108 Å². The van der Waals surface area contributed by atoms with E-state index in [2.05, 4.69) is 31.2 Å². The van der Waals surface area contributed by atoms with Gasteiger partial charge in [-0.15, -0.1) is 5.11 Å². The Balaban J connectivity index is 0.0000102. The molecule has 16 heteroatoms. The molecule has 0 saturated carbocycles. The first-order valence-electron chi connectivity index (χ1n) is 19.0. The Labute approximate surface area is 381 Å². The third kappa shape index (κ3) is 16.2. The molecule has 0 heterocycles. The van der Waals surface area contributed by atoms with Crippen molar-refractivity contribution in [3.63, 3.8) is 0 Å². The van der Waals surface area contributed by atoms with Gasteiger partial charge in [-0.1, -0.05) is 73.9 Å². The molecule has 0 aliphatic rings. The number of rotatable bonds is 18. The fourth-order valence-corrected chi connectivity index (χ4v) is 5.94.